The fraction of sp³-hybridized carbons (Fsp3) is 0.235. The summed E-state index contributed by atoms with van der Waals surface area (Å²) in [6, 6.07) is 10.7. The van der Waals surface area contributed by atoms with Gasteiger partial charge < -0.3 is 15.4 Å². The van der Waals surface area contributed by atoms with Crippen LogP contribution in [-0.4, -0.2) is 22.8 Å². The Morgan fingerprint density at radius 1 is 1.15 bits per heavy atom. The Labute approximate surface area is 158 Å². The molecule has 0 saturated carbocycles. The molecule has 0 fully saturated rings. The van der Waals surface area contributed by atoms with Crippen LogP contribution >= 0.6 is 12.2 Å². The monoisotopic (exact) mass is 399 g/mol. The topological polar surface area (TPSA) is 76.4 Å². The molecule has 6 nitrogen and oxygen atoms in total. The standard InChI is InChI=1S/C17H16F3N3O3S/c1-2-11-3-5-12(6-4-11)21-16(27)22-13-7-14(23(24)25)9-15(8-13)26-10-17(18,19)20/h3-9H,2,10H2,1H3,(H2,21,22,27). The highest BCUT2D eigenvalue weighted by molar-refractivity contribution is 7.80. The van der Waals surface area contributed by atoms with Crippen LogP contribution in [0.2, 0.25) is 0 Å². The number of nitrogens with one attached hydrogen (secondary N) is 2. The molecule has 144 valence electrons. The van der Waals surface area contributed by atoms with Gasteiger partial charge in [-0.15, -0.1) is 0 Å². The number of thiocarbonyl (C=S) groups is 1. The van der Waals surface area contributed by atoms with Crippen molar-refractivity contribution in [3.8, 4) is 5.75 Å². The largest absolute Gasteiger partial charge is 0.484 e. The molecule has 0 spiro atoms. The summed E-state index contributed by atoms with van der Waals surface area (Å²) >= 11 is 5.14. The Balaban J connectivity index is 2.11. The number of hydrogen-bond acceptors (Lipinski definition) is 4. The van der Waals surface area contributed by atoms with E-state index in [0.29, 0.717) is 5.69 Å². The maximum absolute atomic E-state index is 12.3. The summed E-state index contributed by atoms with van der Waals surface area (Å²) in [5, 5.41) is 16.7. The maximum atomic E-state index is 12.3. The third-order valence-corrected chi connectivity index (χ3v) is 3.59. The number of rotatable bonds is 6. The Morgan fingerprint density at radius 3 is 2.33 bits per heavy atom. The van der Waals surface area contributed by atoms with Crippen molar-refractivity contribution in [1.29, 1.82) is 0 Å². The Morgan fingerprint density at radius 2 is 1.78 bits per heavy atom. The van der Waals surface area contributed by atoms with Gasteiger partial charge in [0, 0.05) is 17.8 Å². The number of nitrogens with zero attached hydrogens (tertiary/aromatic N) is 1. The van der Waals surface area contributed by atoms with Crippen LogP contribution in [0.4, 0.5) is 30.2 Å². The minimum Gasteiger partial charge on any atom is -0.484 e. The normalized spacial score (nSPS) is 11.0. The first-order chi connectivity index (χ1) is 12.7. The highest BCUT2D eigenvalue weighted by Crippen LogP contribution is 2.28. The fourth-order valence-electron chi connectivity index (χ4n) is 2.13. The fourth-order valence-corrected chi connectivity index (χ4v) is 2.36. The summed E-state index contributed by atoms with van der Waals surface area (Å²) in [5.41, 5.74) is 1.55. The molecule has 0 unspecified atom stereocenters. The Bertz CT molecular complexity index is 826. The highest BCUT2D eigenvalue weighted by atomic mass is 32.1. The predicted molar refractivity (Wildman–Crippen MR) is 100 cm³/mol. The van der Waals surface area contributed by atoms with Gasteiger partial charge in [0.1, 0.15) is 5.75 Å². The second-order valence-corrected chi connectivity index (χ2v) is 5.91. The quantitative estimate of drug-likeness (QED) is 0.408. The van der Waals surface area contributed by atoms with Crippen LogP contribution in [0, 0.1) is 10.1 Å². The molecule has 0 aliphatic rings. The molecule has 10 heteroatoms. The average Bonchev–Trinajstić information content (AvgIpc) is 2.59. The molecule has 0 bridgehead atoms. The lowest BCUT2D eigenvalue weighted by molar-refractivity contribution is -0.384. The average molecular weight is 399 g/mol. The van der Waals surface area contributed by atoms with Crippen LogP contribution in [0.15, 0.2) is 42.5 Å². The summed E-state index contributed by atoms with van der Waals surface area (Å²) < 4.78 is 41.5. The minimum absolute atomic E-state index is 0.126. The van der Waals surface area contributed by atoms with Crippen LogP contribution in [0.5, 0.6) is 5.75 Å². The molecule has 27 heavy (non-hydrogen) atoms. The molecule has 0 saturated heterocycles. The van der Waals surface area contributed by atoms with Gasteiger partial charge in [0.15, 0.2) is 11.7 Å². The second kappa shape index (κ2) is 8.67. The van der Waals surface area contributed by atoms with Crippen LogP contribution in [0.1, 0.15) is 12.5 Å². The van der Waals surface area contributed by atoms with Crippen molar-refractivity contribution < 1.29 is 22.8 Å². The van der Waals surface area contributed by atoms with E-state index in [-0.39, 0.29) is 16.5 Å². The van der Waals surface area contributed by atoms with Crippen molar-refractivity contribution in [2.75, 3.05) is 17.2 Å². The number of non-ortho nitro benzene ring substituents is 1. The number of benzene rings is 2. The van der Waals surface area contributed by atoms with E-state index < -0.39 is 23.4 Å². The zero-order valence-electron chi connectivity index (χ0n) is 14.2. The van der Waals surface area contributed by atoms with E-state index in [9.17, 15) is 23.3 Å². The number of alkyl halides is 3. The van der Waals surface area contributed by atoms with Crippen LogP contribution in [0.25, 0.3) is 0 Å². The van der Waals surface area contributed by atoms with Crippen molar-refractivity contribution in [1.82, 2.24) is 0 Å². The molecule has 0 amide bonds. The number of hydrogen-bond donors (Lipinski definition) is 2. The molecule has 2 aromatic carbocycles. The van der Waals surface area contributed by atoms with E-state index in [2.05, 4.69) is 15.4 Å². The summed E-state index contributed by atoms with van der Waals surface area (Å²) in [5.74, 6) is -0.292. The van der Waals surface area contributed by atoms with Crippen LogP contribution in [-0.2, 0) is 6.42 Å². The van der Waals surface area contributed by atoms with Crippen molar-refractivity contribution in [2.45, 2.75) is 19.5 Å². The number of halogens is 3. The third-order valence-electron chi connectivity index (χ3n) is 3.38. The number of anilines is 2. The molecule has 0 aromatic heterocycles. The molecule has 0 aliphatic heterocycles. The smallest absolute Gasteiger partial charge is 0.422 e. The second-order valence-electron chi connectivity index (χ2n) is 5.51. The number of nitro groups is 1. The van der Waals surface area contributed by atoms with Crippen LogP contribution in [0.3, 0.4) is 0 Å². The van der Waals surface area contributed by atoms with E-state index in [0.717, 1.165) is 24.1 Å². The first-order valence-electron chi connectivity index (χ1n) is 7.82. The Hall–Kier alpha value is -2.88. The van der Waals surface area contributed by atoms with Crippen molar-refractivity contribution in [2.24, 2.45) is 0 Å². The van der Waals surface area contributed by atoms with Gasteiger partial charge in [0.05, 0.1) is 16.7 Å². The molecule has 0 aliphatic carbocycles. The van der Waals surface area contributed by atoms with Gasteiger partial charge in [-0.2, -0.15) is 13.2 Å². The first kappa shape index (κ1) is 20.4. The van der Waals surface area contributed by atoms with E-state index >= 15 is 0 Å². The summed E-state index contributed by atoms with van der Waals surface area (Å²) in [7, 11) is 0. The van der Waals surface area contributed by atoms with Crippen molar-refractivity contribution in [3.63, 3.8) is 0 Å². The lowest BCUT2D eigenvalue weighted by atomic mass is 10.1. The summed E-state index contributed by atoms with van der Waals surface area (Å²) in [6.07, 6.45) is -3.67. The predicted octanol–water partition coefficient (Wildman–Crippen LogP) is 4.91. The Kier molecular flexibility index (Phi) is 6.56. The summed E-state index contributed by atoms with van der Waals surface area (Å²) in [4.78, 5) is 10.3. The molecular formula is C17H16F3N3O3S. The van der Waals surface area contributed by atoms with Crippen molar-refractivity contribution >= 4 is 34.4 Å². The molecule has 2 rings (SSSR count). The molecular weight excluding hydrogens is 383 g/mol. The number of ether oxygens (including phenoxy) is 1. The zero-order valence-corrected chi connectivity index (χ0v) is 15.0. The van der Waals surface area contributed by atoms with E-state index in [4.69, 9.17) is 12.2 Å². The molecule has 0 atom stereocenters. The van der Waals surface area contributed by atoms with Crippen LogP contribution < -0.4 is 15.4 Å². The lowest BCUT2D eigenvalue weighted by Crippen LogP contribution is -2.20. The molecule has 0 radical (unpaired) electrons. The highest BCUT2D eigenvalue weighted by Gasteiger charge is 2.28. The summed E-state index contributed by atoms with van der Waals surface area (Å²) in [6.45, 7) is 0.468. The molecule has 0 heterocycles. The lowest BCUT2D eigenvalue weighted by Gasteiger charge is -2.13. The van der Waals surface area contributed by atoms with E-state index in [1.165, 1.54) is 6.07 Å². The van der Waals surface area contributed by atoms with Gasteiger partial charge in [0.25, 0.3) is 5.69 Å². The third kappa shape index (κ3) is 6.74. The minimum atomic E-state index is -4.56. The van der Waals surface area contributed by atoms with Gasteiger partial charge in [-0.3, -0.25) is 10.1 Å². The first-order valence-corrected chi connectivity index (χ1v) is 8.23. The van der Waals surface area contributed by atoms with Crippen molar-refractivity contribution in [3.05, 3.63) is 58.1 Å². The van der Waals surface area contributed by atoms with Gasteiger partial charge in [-0.25, -0.2) is 0 Å². The maximum Gasteiger partial charge on any atom is 0.422 e. The van der Waals surface area contributed by atoms with E-state index in [1.54, 1.807) is 0 Å². The zero-order chi connectivity index (χ0) is 20.0. The van der Waals surface area contributed by atoms with Gasteiger partial charge in [0.2, 0.25) is 0 Å². The number of aryl methyl sites for hydroxylation is 1. The number of nitro benzene ring substituents is 1. The molecule has 2 aromatic rings. The SMILES string of the molecule is CCc1ccc(NC(=S)Nc2cc(OCC(F)(F)F)cc([N+](=O)[O-])c2)cc1. The van der Waals surface area contributed by atoms with Gasteiger partial charge in [-0.1, -0.05) is 19.1 Å². The van der Waals surface area contributed by atoms with Gasteiger partial charge >= 0.3 is 6.18 Å². The van der Waals surface area contributed by atoms with E-state index in [1.807, 2.05) is 31.2 Å². The molecule has 2 N–H and O–H groups in total. The van der Waals surface area contributed by atoms with Gasteiger partial charge in [-0.05, 0) is 36.3 Å².